The Bertz CT molecular complexity index is 993. The summed E-state index contributed by atoms with van der Waals surface area (Å²) in [6, 6.07) is 9.64. The van der Waals surface area contributed by atoms with Crippen LogP contribution < -0.4 is 0 Å². The lowest BCUT2D eigenvalue weighted by atomic mass is 9.78. The van der Waals surface area contributed by atoms with Crippen molar-refractivity contribution in [3.63, 3.8) is 0 Å². The van der Waals surface area contributed by atoms with Gasteiger partial charge in [-0.1, -0.05) is 43.4 Å². The third-order valence-electron chi connectivity index (χ3n) is 5.59. The van der Waals surface area contributed by atoms with E-state index in [9.17, 15) is 9.59 Å². The lowest BCUT2D eigenvalue weighted by Gasteiger charge is -2.25. The van der Waals surface area contributed by atoms with Crippen LogP contribution in [-0.2, 0) is 28.7 Å². The predicted octanol–water partition coefficient (Wildman–Crippen LogP) is 4.88. The van der Waals surface area contributed by atoms with Crippen molar-refractivity contribution in [2.75, 3.05) is 14.2 Å². The van der Waals surface area contributed by atoms with Gasteiger partial charge < -0.3 is 9.47 Å². The molecule has 2 aromatic rings. The molecule has 0 N–H and O–H groups in total. The molecule has 0 atom stereocenters. The summed E-state index contributed by atoms with van der Waals surface area (Å²) in [5, 5.41) is 0. The van der Waals surface area contributed by atoms with Crippen molar-refractivity contribution in [3.8, 4) is 11.8 Å². The van der Waals surface area contributed by atoms with E-state index in [1.807, 2.05) is 30.3 Å². The van der Waals surface area contributed by atoms with E-state index in [1.165, 1.54) is 14.2 Å². The molecule has 0 aromatic heterocycles. The number of esters is 2. The Hall–Kier alpha value is -3.06. The Kier molecular flexibility index (Phi) is 7.30. The van der Waals surface area contributed by atoms with E-state index in [0.717, 1.165) is 60.8 Å². The van der Waals surface area contributed by atoms with E-state index in [0.29, 0.717) is 23.1 Å². The molecule has 2 aromatic carbocycles. The predicted molar refractivity (Wildman–Crippen MR) is 117 cm³/mol. The summed E-state index contributed by atoms with van der Waals surface area (Å²) in [6.45, 7) is 2.10. The highest BCUT2D eigenvalue weighted by atomic mass is 16.5. The maximum Gasteiger partial charge on any atom is 0.339 e. The largest absolute Gasteiger partial charge is 0.465 e. The summed E-state index contributed by atoms with van der Waals surface area (Å²) in [5.41, 5.74) is 5.23. The summed E-state index contributed by atoms with van der Waals surface area (Å²) in [7, 11) is 2.80. The maximum atomic E-state index is 12.9. The molecule has 0 heterocycles. The van der Waals surface area contributed by atoms with Crippen molar-refractivity contribution >= 4 is 11.9 Å². The molecule has 30 heavy (non-hydrogen) atoms. The number of methoxy groups -OCH3 is 2. The molecule has 0 saturated carbocycles. The van der Waals surface area contributed by atoms with Gasteiger partial charge in [-0.3, -0.25) is 0 Å². The van der Waals surface area contributed by atoms with Gasteiger partial charge in [-0.15, -0.1) is 0 Å². The summed E-state index contributed by atoms with van der Waals surface area (Å²) < 4.78 is 10.3. The third kappa shape index (κ3) is 4.41. The van der Waals surface area contributed by atoms with E-state index < -0.39 is 0 Å². The number of benzene rings is 2. The fourth-order valence-electron chi connectivity index (χ4n) is 4.14. The molecule has 0 bridgehead atoms. The lowest BCUT2D eigenvalue weighted by Crippen LogP contribution is -2.22. The van der Waals surface area contributed by atoms with Crippen LogP contribution in [0.5, 0.6) is 0 Å². The first kappa shape index (κ1) is 21.6. The van der Waals surface area contributed by atoms with E-state index in [2.05, 4.69) is 18.8 Å². The first-order valence-corrected chi connectivity index (χ1v) is 10.6. The van der Waals surface area contributed by atoms with Gasteiger partial charge in [-0.05, 0) is 67.3 Å². The van der Waals surface area contributed by atoms with Crippen molar-refractivity contribution in [3.05, 3.63) is 69.3 Å². The molecule has 0 aliphatic heterocycles. The van der Waals surface area contributed by atoms with E-state index >= 15 is 0 Å². The second-order valence-electron chi connectivity index (χ2n) is 7.47. The summed E-state index contributed by atoms with van der Waals surface area (Å²) in [6.07, 6.45) is 5.97. The van der Waals surface area contributed by atoms with Crippen molar-refractivity contribution in [2.24, 2.45) is 0 Å². The van der Waals surface area contributed by atoms with E-state index in [1.54, 1.807) is 0 Å². The molecular weight excluding hydrogens is 376 g/mol. The Morgan fingerprint density at radius 1 is 0.900 bits per heavy atom. The molecule has 0 saturated heterocycles. The number of ether oxygens (including phenoxy) is 2. The average molecular weight is 405 g/mol. The normalized spacial score (nSPS) is 12.4. The van der Waals surface area contributed by atoms with Gasteiger partial charge in [0, 0.05) is 11.1 Å². The molecular formula is C26H28O4. The van der Waals surface area contributed by atoms with Crippen molar-refractivity contribution < 1.29 is 19.1 Å². The fraction of sp³-hybridized carbons (Fsp3) is 0.385. The van der Waals surface area contributed by atoms with Gasteiger partial charge in [0.1, 0.15) is 0 Å². The van der Waals surface area contributed by atoms with Crippen LogP contribution in [0.1, 0.15) is 81.1 Å². The third-order valence-corrected chi connectivity index (χ3v) is 5.59. The molecule has 0 spiro atoms. The zero-order valence-electron chi connectivity index (χ0n) is 18.0. The molecule has 156 valence electrons. The highest BCUT2D eigenvalue weighted by Gasteiger charge is 2.31. The van der Waals surface area contributed by atoms with Gasteiger partial charge in [0.15, 0.2) is 0 Å². The molecule has 0 amide bonds. The smallest absolute Gasteiger partial charge is 0.339 e. The van der Waals surface area contributed by atoms with E-state index in [4.69, 9.17) is 9.47 Å². The number of carbonyl (C=O) groups excluding carboxylic acids is 2. The quantitative estimate of drug-likeness (QED) is 0.526. The number of unbranched alkanes of at least 4 members (excludes halogenated alkanes) is 1. The van der Waals surface area contributed by atoms with Crippen LogP contribution in [0.25, 0.3) is 0 Å². The minimum absolute atomic E-state index is 0.349. The molecule has 0 radical (unpaired) electrons. The highest BCUT2D eigenvalue weighted by molar-refractivity contribution is 6.01. The number of hydrogen-bond donors (Lipinski definition) is 0. The zero-order chi connectivity index (χ0) is 21.5. The van der Waals surface area contributed by atoms with Gasteiger partial charge in [0.2, 0.25) is 0 Å². The summed E-state index contributed by atoms with van der Waals surface area (Å²) >= 11 is 0. The van der Waals surface area contributed by atoms with Gasteiger partial charge in [-0.2, -0.15) is 0 Å². The van der Waals surface area contributed by atoms with Crippen LogP contribution in [0.15, 0.2) is 30.3 Å². The van der Waals surface area contributed by atoms with Crippen molar-refractivity contribution in [2.45, 2.75) is 51.9 Å². The molecule has 1 aliphatic carbocycles. The van der Waals surface area contributed by atoms with Gasteiger partial charge >= 0.3 is 11.9 Å². The van der Waals surface area contributed by atoms with Gasteiger partial charge in [0.25, 0.3) is 0 Å². The number of fused-ring (bicyclic) bond motifs is 1. The second-order valence-corrected chi connectivity index (χ2v) is 7.47. The van der Waals surface area contributed by atoms with Crippen LogP contribution in [-0.4, -0.2) is 26.2 Å². The van der Waals surface area contributed by atoms with Crippen LogP contribution in [0, 0.1) is 11.8 Å². The van der Waals surface area contributed by atoms with Crippen LogP contribution >= 0.6 is 0 Å². The molecule has 1 aliphatic rings. The van der Waals surface area contributed by atoms with Crippen molar-refractivity contribution in [1.82, 2.24) is 0 Å². The minimum Gasteiger partial charge on any atom is -0.465 e. The summed E-state index contributed by atoms with van der Waals surface area (Å²) in [5.74, 6) is 5.67. The number of rotatable bonds is 5. The van der Waals surface area contributed by atoms with E-state index in [-0.39, 0.29) is 11.9 Å². The Balaban J connectivity index is 2.36. The maximum absolute atomic E-state index is 12.9. The second kappa shape index (κ2) is 10.1. The zero-order valence-corrected chi connectivity index (χ0v) is 18.0. The Morgan fingerprint density at radius 3 is 2.10 bits per heavy atom. The molecule has 4 nitrogen and oxygen atoms in total. The standard InChI is InChI=1S/C26H28O4/c1-4-5-13-19-22(17-16-18-11-7-6-8-12-18)24(26(28)30-3)21-15-10-9-14-20(21)23(19)25(27)29-2/h6-8,11-12H,4-5,9-10,13-15H2,1-3H3. The van der Waals surface area contributed by atoms with Crippen LogP contribution in [0.2, 0.25) is 0 Å². The van der Waals surface area contributed by atoms with Gasteiger partial charge in [0.05, 0.1) is 25.3 Å². The van der Waals surface area contributed by atoms with Gasteiger partial charge in [-0.25, -0.2) is 9.59 Å². The molecule has 0 fully saturated rings. The Labute approximate surface area is 178 Å². The molecule has 0 unspecified atom stereocenters. The minimum atomic E-state index is -0.389. The summed E-state index contributed by atoms with van der Waals surface area (Å²) in [4.78, 5) is 25.7. The van der Waals surface area contributed by atoms with Crippen molar-refractivity contribution in [1.29, 1.82) is 0 Å². The SMILES string of the molecule is CCCCc1c(C#Cc2ccccc2)c(C(=O)OC)c2c(c1C(=O)OC)CCCC2. The first-order chi connectivity index (χ1) is 14.6. The average Bonchev–Trinajstić information content (AvgIpc) is 2.80. The molecule has 3 rings (SSSR count). The highest BCUT2D eigenvalue weighted by Crippen LogP contribution is 2.35. The topological polar surface area (TPSA) is 52.6 Å². The fourth-order valence-corrected chi connectivity index (χ4v) is 4.14. The first-order valence-electron chi connectivity index (χ1n) is 10.6. The molecule has 4 heteroatoms. The lowest BCUT2D eigenvalue weighted by molar-refractivity contribution is 0.0582. The monoisotopic (exact) mass is 404 g/mol. The Morgan fingerprint density at radius 2 is 1.50 bits per heavy atom. The number of carbonyl (C=O) groups is 2. The van der Waals surface area contributed by atoms with Crippen LogP contribution in [0.3, 0.4) is 0 Å². The number of hydrogen-bond acceptors (Lipinski definition) is 4. The van der Waals surface area contributed by atoms with Crippen LogP contribution in [0.4, 0.5) is 0 Å².